The second-order valence-corrected chi connectivity index (χ2v) is 4.98. The van der Waals surface area contributed by atoms with Crippen LogP contribution in [0.5, 0.6) is 0 Å². The fourth-order valence-electron chi connectivity index (χ4n) is 2.62. The molecule has 0 radical (unpaired) electrons. The van der Waals surface area contributed by atoms with Crippen molar-refractivity contribution in [2.75, 3.05) is 4.90 Å². The summed E-state index contributed by atoms with van der Waals surface area (Å²) in [5.41, 5.74) is 3.78. The van der Waals surface area contributed by atoms with Gasteiger partial charge in [0.1, 0.15) is 0 Å². The molecule has 0 amide bonds. The van der Waals surface area contributed by atoms with Gasteiger partial charge in [0.05, 0.1) is 11.7 Å². The van der Waals surface area contributed by atoms with Crippen LogP contribution >= 0.6 is 0 Å². The molecule has 0 bridgehead atoms. The second-order valence-electron chi connectivity index (χ2n) is 4.98. The van der Waals surface area contributed by atoms with Crippen molar-refractivity contribution >= 4 is 11.4 Å². The van der Waals surface area contributed by atoms with Crippen LogP contribution < -0.4 is 4.90 Å². The van der Waals surface area contributed by atoms with Gasteiger partial charge in [0.15, 0.2) is 0 Å². The van der Waals surface area contributed by atoms with Gasteiger partial charge >= 0.3 is 0 Å². The standard InChI is InChI=1S/C17H24N2/c1-4-10-17-16(6-3)18-14(5-2)13-19(17)15-11-8-7-9-12-15/h7-9,11-13,17H,4-6,10H2,1-3H3. The topological polar surface area (TPSA) is 15.6 Å². The number of rotatable bonds is 5. The van der Waals surface area contributed by atoms with E-state index in [4.69, 9.17) is 4.99 Å². The van der Waals surface area contributed by atoms with Crippen LogP contribution in [0, 0.1) is 0 Å². The fourth-order valence-corrected chi connectivity index (χ4v) is 2.62. The SMILES string of the molecule is CCCC1C(CC)=NC(CC)=CN1c1ccccc1. The highest BCUT2D eigenvalue weighted by Crippen LogP contribution is 2.27. The van der Waals surface area contributed by atoms with E-state index in [1.54, 1.807) is 0 Å². The van der Waals surface area contributed by atoms with Crippen LogP contribution in [0.1, 0.15) is 46.5 Å². The van der Waals surface area contributed by atoms with Gasteiger partial charge in [-0.25, -0.2) is 0 Å². The van der Waals surface area contributed by atoms with E-state index < -0.39 is 0 Å². The Labute approximate surface area is 116 Å². The molecule has 0 aliphatic carbocycles. The molecule has 2 heteroatoms. The van der Waals surface area contributed by atoms with Gasteiger partial charge in [-0.05, 0) is 31.4 Å². The van der Waals surface area contributed by atoms with Gasteiger partial charge < -0.3 is 4.90 Å². The van der Waals surface area contributed by atoms with E-state index in [1.165, 1.54) is 23.5 Å². The number of aliphatic imine (C=N–C) groups is 1. The molecule has 2 nitrogen and oxygen atoms in total. The number of nitrogens with zero attached hydrogens (tertiary/aromatic N) is 2. The maximum Gasteiger partial charge on any atom is 0.0718 e. The fraction of sp³-hybridized carbons (Fsp3) is 0.471. The molecule has 0 saturated heterocycles. The lowest BCUT2D eigenvalue weighted by molar-refractivity contribution is 0.683. The molecule has 0 fully saturated rings. The van der Waals surface area contributed by atoms with E-state index in [1.807, 2.05) is 0 Å². The van der Waals surface area contributed by atoms with Crippen LogP contribution in [0.15, 0.2) is 47.2 Å². The lowest BCUT2D eigenvalue weighted by atomic mass is 9.99. The van der Waals surface area contributed by atoms with Crippen LogP contribution in [0.2, 0.25) is 0 Å². The zero-order valence-corrected chi connectivity index (χ0v) is 12.3. The zero-order chi connectivity index (χ0) is 13.7. The third-order valence-electron chi connectivity index (χ3n) is 3.64. The number of hydrogen-bond donors (Lipinski definition) is 0. The van der Waals surface area contributed by atoms with Crippen molar-refractivity contribution in [3.8, 4) is 0 Å². The normalized spacial score (nSPS) is 19.1. The van der Waals surface area contributed by atoms with Crippen LogP contribution in [-0.4, -0.2) is 11.8 Å². The monoisotopic (exact) mass is 256 g/mol. The molecule has 1 aromatic carbocycles. The molecular weight excluding hydrogens is 232 g/mol. The summed E-state index contributed by atoms with van der Waals surface area (Å²) < 4.78 is 0. The smallest absolute Gasteiger partial charge is 0.0718 e. The summed E-state index contributed by atoms with van der Waals surface area (Å²) in [5, 5.41) is 0. The van der Waals surface area contributed by atoms with E-state index in [9.17, 15) is 0 Å². The number of allylic oxidation sites excluding steroid dienone is 1. The highest BCUT2D eigenvalue weighted by molar-refractivity contribution is 5.94. The van der Waals surface area contributed by atoms with E-state index in [2.05, 4.69) is 62.2 Å². The number of para-hydroxylation sites is 1. The molecule has 0 aromatic heterocycles. The first kappa shape index (κ1) is 13.9. The number of benzene rings is 1. The van der Waals surface area contributed by atoms with Crippen LogP contribution in [0.25, 0.3) is 0 Å². The summed E-state index contributed by atoms with van der Waals surface area (Å²) in [6, 6.07) is 11.1. The van der Waals surface area contributed by atoms with Crippen LogP contribution in [0.4, 0.5) is 5.69 Å². The lowest BCUT2D eigenvalue weighted by Gasteiger charge is -2.35. The van der Waals surface area contributed by atoms with Gasteiger partial charge in [0.25, 0.3) is 0 Å². The Morgan fingerprint density at radius 2 is 1.79 bits per heavy atom. The van der Waals surface area contributed by atoms with Gasteiger partial charge in [0.2, 0.25) is 0 Å². The molecule has 102 valence electrons. The molecule has 0 saturated carbocycles. The van der Waals surface area contributed by atoms with Crippen LogP contribution in [-0.2, 0) is 0 Å². The van der Waals surface area contributed by atoms with Gasteiger partial charge in [0, 0.05) is 17.6 Å². The van der Waals surface area contributed by atoms with Gasteiger partial charge in [-0.2, -0.15) is 0 Å². The second kappa shape index (κ2) is 6.55. The Morgan fingerprint density at radius 1 is 1.05 bits per heavy atom. The van der Waals surface area contributed by atoms with Crippen molar-refractivity contribution in [3.63, 3.8) is 0 Å². The summed E-state index contributed by atoms with van der Waals surface area (Å²) >= 11 is 0. The summed E-state index contributed by atoms with van der Waals surface area (Å²) in [6.07, 6.45) is 6.60. The quantitative estimate of drug-likeness (QED) is 0.740. The molecule has 1 unspecified atom stereocenters. The highest BCUT2D eigenvalue weighted by Gasteiger charge is 2.25. The Bertz CT molecular complexity index is 459. The summed E-state index contributed by atoms with van der Waals surface area (Å²) in [4.78, 5) is 7.24. The van der Waals surface area contributed by atoms with Crippen LogP contribution in [0.3, 0.4) is 0 Å². The third-order valence-corrected chi connectivity index (χ3v) is 3.64. The molecule has 1 atom stereocenters. The molecule has 1 heterocycles. The van der Waals surface area contributed by atoms with Crippen molar-refractivity contribution in [1.29, 1.82) is 0 Å². The largest absolute Gasteiger partial charge is 0.337 e. The van der Waals surface area contributed by atoms with Crippen molar-refractivity contribution in [1.82, 2.24) is 0 Å². The summed E-state index contributed by atoms with van der Waals surface area (Å²) in [6.45, 7) is 6.63. The first-order valence-corrected chi connectivity index (χ1v) is 7.41. The molecule has 1 aliphatic heterocycles. The minimum atomic E-state index is 0.424. The van der Waals surface area contributed by atoms with E-state index in [-0.39, 0.29) is 0 Å². The van der Waals surface area contributed by atoms with Gasteiger partial charge in [-0.1, -0.05) is 45.4 Å². The Kier molecular flexibility index (Phi) is 4.78. The van der Waals surface area contributed by atoms with E-state index >= 15 is 0 Å². The van der Waals surface area contributed by atoms with Gasteiger partial charge in [-0.3, -0.25) is 4.99 Å². The molecule has 1 aliphatic rings. The molecule has 0 spiro atoms. The number of hydrogen-bond acceptors (Lipinski definition) is 2. The van der Waals surface area contributed by atoms with E-state index in [0.717, 1.165) is 19.3 Å². The molecule has 2 rings (SSSR count). The maximum atomic E-state index is 4.83. The highest BCUT2D eigenvalue weighted by atomic mass is 15.2. The van der Waals surface area contributed by atoms with Gasteiger partial charge in [-0.15, -0.1) is 0 Å². The Balaban J connectivity index is 2.37. The first-order chi connectivity index (χ1) is 9.30. The Hall–Kier alpha value is -1.57. The van der Waals surface area contributed by atoms with Crippen molar-refractivity contribution in [2.45, 2.75) is 52.5 Å². The lowest BCUT2D eigenvalue weighted by Crippen LogP contribution is -2.40. The Morgan fingerprint density at radius 3 is 2.37 bits per heavy atom. The average Bonchev–Trinajstić information content (AvgIpc) is 2.48. The zero-order valence-electron chi connectivity index (χ0n) is 12.3. The molecule has 0 N–H and O–H groups in total. The minimum Gasteiger partial charge on any atom is -0.337 e. The number of anilines is 1. The van der Waals surface area contributed by atoms with E-state index in [0.29, 0.717) is 6.04 Å². The predicted octanol–water partition coefficient (Wildman–Crippen LogP) is 4.78. The third kappa shape index (κ3) is 3.06. The van der Waals surface area contributed by atoms with Crippen molar-refractivity contribution in [2.24, 2.45) is 4.99 Å². The summed E-state index contributed by atoms with van der Waals surface area (Å²) in [7, 11) is 0. The van der Waals surface area contributed by atoms with Crippen molar-refractivity contribution < 1.29 is 0 Å². The molecule has 19 heavy (non-hydrogen) atoms. The predicted molar refractivity (Wildman–Crippen MR) is 83.7 cm³/mol. The minimum absolute atomic E-state index is 0.424. The molecule has 1 aromatic rings. The first-order valence-electron chi connectivity index (χ1n) is 7.41. The maximum absolute atomic E-state index is 4.83. The molecular formula is C17H24N2. The summed E-state index contributed by atoms with van der Waals surface area (Å²) in [5.74, 6) is 0. The van der Waals surface area contributed by atoms with Crippen molar-refractivity contribution in [3.05, 3.63) is 42.2 Å². The average molecular weight is 256 g/mol.